The molecule has 1 aliphatic rings. The van der Waals surface area contributed by atoms with Gasteiger partial charge in [-0.1, -0.05) is 18.2 Å². The van der Waals surface area contributed by atoms with Crippen LogP contribution in [0.4, 0.5) is 0 Å². The van der Waals surface area contributed by atoms with Crippen LogP contribution >= 0.6 is 0 Å². The standard InChI is InChI=1S/C17H20N2O4/c20-16(19-8-9-23-11-15(19)17(21)22)7-3-4-12-10-18-14-6-2-1-5-13(12)14/h1-2,5-6,10,15,18H,3-4,7-9,11H2,(H,21,22)/t15-/m0/s1. The first-order valence-corrected chi connectivity index (χ1v) is 7.82. The summed E-state index contributed by atoms with van der Waals surface area (Å²) < 4.78 is 5.16. The first-order chi connectivity index (χ1) is 11.2. The molecule has 0 aliphatic carbocycles. The molecule has 2 heterocycles. The predicted molar refractivity (Wildman–Crippen MR) is 85.2 cm³/mol. The molecule has 0 bridgehead atoms. The minimum atomic E-state index is -1.00. The van der Waals surface area contributed by atoms with Crippen LogP contribution in [0.15, 0.2) is 30.5 Å². The van der Waals surface area contributed by atoms with Crippen LogP contribution in [0, 0.1) is 0 Å². The molecule has 1 aliphatic heterocycles. The Morgan fingerprint density at radius 1 is 1.35 bits per heavy atom. The summed E-state index contributed by atoms with van der Waals surface area (Å²) in [5.74, 6) is -1.12. The molecule has 1 aromatic carbocycles. The molecule has 1 saturated heterocycles. The van der Waals surface area contributed by atoms with Gasteiger partial charge in [-0.05, 0) is 24.5 Å². The van der Waals surface area contributed by atoms with Crippen LogP contribution in [0.5, 0.6) is 0 Å². The Hall–Kier alpha value is -2.34. The van der Waals surface area contributed by atoms with Gasteiger partial charge in [0.25, 0.3) is 0 Å². The van der Waals surface area contributed by atoms with Gasteiger partial charge >= 0.3 is 5.97 Å². The number of carbonyl (C=O) groups excluding carboxylic acids is 1. The lowest BCUT2D eigenvalue weighted by Gasteiger charge is -2.32. The quantitative estimate of drug-likeness (QED) is 0.881. The van der Waals surface area contributed by atoms with E-state index >= 15 is 0 Å². The molecule has 1 fully saturated rings. The van der Waals surface area contributed by atoms with E-state index in [2.05, 4.69) is 11.1 Å². The number of benzene rings is 1. The highest BCUT2D eigenvalue weighted by atomic mass is 16.5. The summed E-state index contributed by atoms with van der Waals surface area (Å²) in [4.78, 5) is 28.2. The first-order valence-electron chi connectivity index (χ1n) is 7.82. The number of hydrogen-bond acceptors (Lipinski definition) is 3. The summed E-state index contributed by atoms with van der Waals surface area (Å²) in [6.07, 6.45) is 3.81. The molecule has 23 heavy (non-hydrogen) atoms. The van der Waals surface area contributed by atoms with Crippen molar-refractivity contribution in [3.8, 4) is 0 Å². The zero-order valence-electron chi connectivity index (χ0n) is 12.8. The second-order valence-electron chi connectivity index (χ2n) is 5.73. The maximum absolute atomic E-state index is 12.3. The Labute approximate surface area is 134 Å². The van der Waals surface area contributed by atoms with Gasteiger partial charge in [0.1, 0.15) is 0 Å². The number of aryl methyl sites for hydroxylation is 1. The second-order valence-corrected chi connectivity index (χ2v) is 5.73. The van der Waals surface area contributed by atoms with E-state index in [1.165, 1.54) is 15.8 Å². The van der Waals surface area contributed by atoms with E-state index in [4.69, 9.17) is 4.74 Å². The number of morpholine rings is 1. The summed E-state index contributed by atoms with van der Waals surface area (Å²) in [6.45, 7) is 0.824. The number of ether oxygens (including phenoxy) is 1. The maximum Gasteiger partial charge on any atom is 0.328 e. The Kier molecular flexibility index (Phi) is 4.62. The van der Waals surface area contributed by atoms with Gasteiger partial charge in [0, 0.05) is 30.1 Å². The Bertz CT molecular complexity index is 709. The number of para-hydroxylation sites is 1. The largest absolute Gasteiger partial charge is 0.480 e. The fourth-order valence-corrected chi connectivity index (χ4v) is 3.02. The van der Waals surface area contributed by atoms with Gasteiger partial charge < -0.3 is 19.7 Å². The predicted octanol–water partition coefficient (Wildman–Crippen LogP) is 1.80. The number of aromatic amines is 1. The fraction of sp³-hybridized carbons (Fsp3) is 0.412. The van der Waals surface area contributed by atoms with Crippen molar-refractivity contribution in [1.82, 2.24) is 9.88 Å². The van der Waals surface area contributed by atoms with Crippen LogP contribution in [0.2, 0.25) is 0 Å². The van der Waals surface area contributed by atoms with E-state index in [0.717, 1.165) is 11.9 Å². The summed E-state index contributed by atoms with van der Waals surface area (Å²) >= 11 is 0. The average Bonchev–Trinajstić information content (AvgIpc) is 2.98. The highest BCUT2D eigenvalue weighted by Gasteiger charge is 2.32. The molecule has 0 spiro atoms. The number of nitrogens with zero attached hydrogens (tertiary/aromatic N) is 1. The van der Waals surface area contributed by atoms with Gasteiger partial charge in [-0.15, -0.1) is 0 Å². The van der Waals surface area contributed by atoms with Crippen LogP contribution in [-0.2, 0) is 20.7 Å². The zero-order chi connectivity index (χ0) is 16.2. The van der Waals surface area contributed by atoms with Crippen molar-refractivity contribution in [2.24, 2.45) is 0 Å². The van der Waals surface area contributed by atoms with Gasteiger partial charge in [0.2, 0.25) is 5.91 Å². The number of rotatable bonds is 5. The minimum Gasteiger partial charge on any atom is -0.480 e. The van der Waals surface area contributed by atoms with Gasteiger partial charge in [-0.3, -0.25) is 4.79 Å². The molecular weight excluding hydrogens is 296 g/mol. The number of aliphatic carboxylic acids is 1. The molecular formula is C17H20N2O4. The van der Waals surface area contributed by atoms with Crippen LogP contribution in [0.3, 0.4) is 0 Å². The number of hydrogen-bond donors (Lipinski definition) is 2. The number of carboxylic acid groups (broad SMARTS) is 1. The van der Waals surface area contributed by atoms with Crippen molar-refractivity contribution in [2.45, 2.75) is 25.3 Å². The van der Waals surface area contributed by atoms with E-state index < -0.39 is 12.0 Å². The monoisotopic (exact) mass is 316 g/mol. The lowest BCUT2D eigenvalue weighted by Crippen LogP contribution is -2.52. The van der Waals surface area contributed by atoms with E-state index in [1.807, 2.05) is 24.4 Å². The number of aromatic nitrogens is 1. The van der Waals surface area contributed by atoms with Crippen molar-refractivity contribution < 1.29 is 19.4 Å². The molecule has 1 aromatic heterocycles. The van der Waals surface area contributed by atoms with Crippen molar-refractivity contribution in [3.63, 3.8) is 0 Å². The third-order valence-electron chi connectivity index (χ3n) is 4.25. The summed E-state index contributed by atoms with van der Waals surface area (Å²) in [5, 5.41) is 10.3. The van der Waals surface area contributed by atoms with Crippen LogP contribution in [-0.4, -0.2) is 52.7 Å². The van der Waals surface area contributed by atoms with E-state index in [1.54, 1.807) is 0 Å². The third kappa shape index (κ3) is 3.37. The Morgan fingerprint density at radius 3 is 3.00 bits per heavy atom. The molecule has 0 unspecified atom stereocenters. The topological polar surface area (TPSA) is 82.6 Å². The van der Waals surface area contributed by atoms with Crippen molar-refractivity contribution >= 4 is 22.8 Å². The molecule has 122 valence electrons. The van der Waals surface area contributed by atoms with Crippen LogP contribution in [0.1, 0.15) is 18.4 Å². The number of amides is 1. The Morgan fingerprint density at radius 2 is 2.17 bits per heavy atom. The van der Waals surface area contributed by atoms with Crippen LogP contribution < -0.4 is 0 Å². The molecule has 1 atom stereocenters. The molecule has 6 heteroatoms. The normalized spacial score (nSPS) is 18.3. The Balaban J connectivity index is 1.57. The SMILES string of the molecule is O=C(O)[C@@H]1COCCN1C(=O)CCCc1c[nH]c2ccccc12. The number of H-pyrrole nitrogens is 1. The van der Waals surface area contributed by atoms with E-state index in [0.29, 0.717) is 26.0 Å². The van der Waals surface area contributed by atoms with E-state index in [-0.39, 0.29) is 12.5 Å². The molecule has 0 radical (unpaired) electrons. The second kappa shape index (κ2) is 6.83. The molecule has 1 amide bonds. The summed E-state index contributed by atoms with van der Waals surface area (Å²) in [7, 11) is 0. The fourth-order valence-electron chi connectivity index (χ4n) is 3.02. The zero-order valence-corrected chi connectivity index (χ0v) is 12.8. The lowest BCUT2D eigenvalue weighted by molar-refractivity contribution is -0.158. The first kappa shape index (κ1) is 15.6. The lowest BCUT2D eigenvalue weighted by atomic mass is 10.1. The van der Waals surface area contributed by atoms with Gasteiger partial charge in [0.05, 0.1) is 13.2 Å². The van der Waals surface area contributed by atoms with Gasteiger partial charge in [-0.25, -0.2) is 4.79 Å². The van der Waals surface area contributed by atoms with E-state index in [9.17, 15) is 14.7 Å². The molecule has 3 rings (SSSR count). The van der Waals surface area contributed by atoms with Gasteiger partial charge in [0.15, 0.2) is 6.04 Å². The molecule has 0 saturated carbocycles. The smallest absolute Gasteiger partial charge is 0.328 e. The average molecular weight is 316 g/mol. The molecule has 2 aromatic rings. The molecule has 2 N–H and O–H groups in total. The maximum atomic E-state index is 12.3. The summed E-state index contributed by atoms with van der Waals surface area (Å²) in [6, 6.07) is 7.21. The highest BCUT2D eigenvalue weighted by Crippen LogP contribution is 2.20. The summed E-state index contributed by atoms with van der Waals surface area (Å²) in [5.41, 5.74) is 2.28. The highest BCUT2D eigenvalue weighted by molar-refractivity contribution is 5.84. The minimum absolute atomic E-state index is 0.0729. The van der Waals surface area contributed by atoms with Gasteiger partial charge in [-0.2, -0.15) is 0 Å². The number of fused-ring (bicyclic) bond motifs is 1. The molecule has 6 nitrogen and oxygen atoms in total. The van der Waals surface area contributed by atoms with Crippen molar-refractivity contribution in [1.29, 1.82) is 0 Å². The van der Waals surface area contributed by atoms with Crippen molar-refractivity contribution in [3.05, 3.63) is 36.0 Å². The number of carbonyl (C=O) groups is 2. The van der Waals surface area contributed by atoms with Crippen LogP contribution in [0.25, 0.3) is 10.9 Å². The number of carboxylic acids is 1. The number of nitrogens with one attached hydrogen (secondary N) is 1. The third-order valence-corrected chi connectivity index (χ3v) is 4.25. The van der Waals surface area contributed by atoms with Crippen molar-refractivity contribution in [2.75, 3.05) is 19.8 Å².